The molecule has 176 valence electrons. The number of halogens is 3. The Morgan fingerprint density at radius 1 is 0.588 bits per heavy atom. The minimum absolute atomic E-state index is 0. The van der Waals surface area contributed by atoms with Gasteiger partial charge in [0, 0.05) is 13.8 Å². The molecule has 0 saturated heterocycles. The Labute approximate surface area is 224 Å². The van der Waals surface area contributed by atoms with Gasteiger partial charge in [0.1, 0.15) is 11.4 Å². The molecule has 0 fully saturated rings. The minimum atomic E-state index is -0.151. The number of rotatable bonds is 2. The molecule has 3 aromatic heterocycles. The van der Waals surface area contributed by atoms with E-state index in [0.717, 1.165) is 11.0 Å². The second-order valence-corrected chi connectivity index (χ2v) is 6.97. The molecule has 0 amide bonds. The third kappa shape index (κ3) is 4.87. The monoisotopic (exact) mass is 559 g/mol. The molecule has 0 aliphatic heterocycles. The number of hydrogen-bond acceptors (Lipinski definition) is 5. The largest absolute Gasteiger partial charge is 3.00 e. The maximum absolute atomic E-state index is 12.4. The van der Waals surface area contributed by atoms with Gasteiger partial charge < -0.3 is 37.2 Å². The van der Waals surface area contributed by atoms with E-state index in [2.05, 4.69) is 9.97 Å². The summed E-state index contributed by atoms with van der Waals surface area (Å²) in [5.41, 5.74) is 3.94. The predicted molar refractivity (Wildman–Crippen MR) is 114 cm³/mol. The van der Waals surface area contributed by atoms with Crippen molar-refractivity contribution in [1.29, 1.82) is 0 Å². The van der Waals surface area contributed by atoms with Crippen LogP contribution in [0.5, 0.6) is 0 Å². The molecule has 0 N–H and O–H groups in total. The van der Waals surface area contributed by atoms with Crippen LogP contribution in [-0.2, 0) is 16.8 Å². The molecule has 0 spiro atoms. The van der Waals surface area contributed by atoms with Gasteiger partial charge in [-0.25, -0.2) is 15.0 Å². The van der Waals surface area contributed by atoms with Gasteiger partial charge in [-0.2, -0.15) is 0 Å². The molecule has 7 nitrogen and oxygen atoms in total. The maximum atomic E-state index is 12.4. The third-order valence-electron chi connectivity index (χ3n) is 4.96. The zero-order chi connectivity index (χ0) is 20.8. The number of para-hydroxylation sites is 4. The smallest absolute Gasteiger partial charge is 1.00 e. The summed E-state index contributed by atoms with van der Waals surface area (Å²) in [5.74, 6) is 0.607. The molecule has 3 heterocycles. The Bertz CT molecular complexity index is 1380. The van der Waals surface area contributed by atoms with Crippen LogP contribution in [0.3, 0.4) is 0 Å². The van der Waals surface area contributed by atoms with Gasteiger partial charge in [0.2, 0.25) is 11.8 Å². The van der Waals surface area contributed by atoms with Crippen LogP contribution in [0.2, 0.25) is 0 Å². The van der Waals surface area contributed by atoms with Gasteiger partial charge in [-0.15, -0.1) is 0 Å². The molecule has 0 radical (unpaired) electrons. The van der Waals surface area contributed by atoms with Crippen molar-refractivity contribution < 1.29 is 63.6 Å². The number of carbonyl (C=O) groups excluding carboxylic acids is 2. The third-order valence-corrected chi connectivity index (χ3v) is 4.96. The Hall–Kier alpha value is -2.75. The number of fused-ring (bicyclic) bond motifs is 2. The number of carbonyl (C=O) groups is 2. The van der Waals surface area contributed by atoms with Crippen LogP contribution in [-0.4, -0.2) is 35.9 Å². The molecule has 0 unspecified atom stereocenters. The number of benzene rings is 2. The van der Waals surface area contributed by atoms with Crippen LogP contribution in [0.4, 0.5) is 0 Å². The van der Waals surface area contributed by atoms with Crippen molar-refractivity contribution in [1.82, 2.24) is 24.1 Å². The predicted octanol–water partition coefficient (Wildman–Crippen LogP) is -4.56. The number of nitrogens with zero attached hydrogens (tertiary/aromatic N) is 5. The van der Waals surface area contributed by atoms with Crippen LogP contribution < -0.4 is 37.2 Å². The fraction of sp³-hybridized carbons (Fsp3) is 0.0870. The first-order valence-electron chi connectivity index (χ1n) is 9.49. The Morgan fingerprint density at radius 3 is 1.35 bits per heavy atom. The summed E-state index contributed by atoms with van der Waals surface area (Å²) in [7, 11) is 0. The van der Waals surface area contributed by atoms with E-state index in [1.165, 1.54) is 13.8 Å². The van der Waals surface area contributed by atoms with E-state index in [9.17, 15) is 9.59 Å². The Kier molecular flexibility index (Phi) is 9.98. The normalized spacial score (nSPS) is 9.94. The zero-order valence-corrected chi connectivity index (χ0v) is 21.2. The standard InChI is InChI=1S/C23H17N5O2.3ClH.Co/c1-14(29)27-20-12-5-3-8-16(20)25-22(27)18-10-7-11-19(24-18)23-26-17-9-4-6-13-21(17)28(23)15(2)30;;;;/h3-13H,1-2H3;3*1H;/q;;;;+3/p-3. The average molecular weight is 561 g/mol. The summed E-state index contributed by atoms with van der Waals surface area (Å²) < 4.78 is 3.10. The summed E-state index contributed by atoms with van der Waals surface area (Å²) in [6.45, 7) is 2.99. The molecule has 5 aromatic rings. The number of pyridine rings is 1. The molecule has 34 heavy (non-hydrogen) atoms. The fourth-order valence-electron chi connectivity index (χ4n) is 3.72. The molecule has 0 aliphatic carbocycles. The first kappa shape index (κ1) is 29.3. The zero-order valence-electron chi connectivity index (χ0n) is 17.9. The van der Waals surface area contributed by atoms with Crippen molar-refractivity contribution in [3.8, 4) is 23.0 Å². The topological polar surface area (TPSA) is 82.7 Å². The van der Waals surface area contributed by atoms with Crippen molar-refractivity contribution in [2.45, 2.75) is 13.8 Å². The van der Waals surface area contributed by atoms with Gasteiger partial charge in [-0.3, -0.25) is 18.7 Å². The molecule has 11 heteroatoms. The van der Waals surface area contributed by atoms with E-state index in [1.54, 1.807) is 21.3 Å². The van der Waals surface area contributed by atoms with E-state index in [-0.39, 0.29) is 65.8 Å². The van der Waals surface area contributed by atoms with Crippen molar-refractivity contribution in [2.75, 3.05) is 0 Å². The van der Waals surface area contributed by atoms with Crippen LogP contribution in [0.15, 0.2) is 66.7 Å². The summed E-state index contributed by atoms with van der Waals surface area (Å²) in [4.78, 5) is 38.7. The van der Waals surface area contributed by atoms with Gasteiger partial charge in [-0.1, -0.05) is 30.3 Å². The fourth-order valence-corrected chi connectivity index (χ4v) is 3.72. The van der Waals surface area contributed by atoms with E-state index >= 15 is 0 Å². The van der Waals surface area contributed by atoms with E-state index in [0.29, 0.717) is 34.1 Å². The van der Waals surface area contributed by atoms with E-state index in [1.807, 2.05) is 54.6 Å². The molecule has 0 aliphatic rings. The molecule has 0 bridgehead atoms. The quantitative estimate of drug-likeness (QED) is 0.217. The molecule has 5 rings (SSSR count). The van der Waals surface area contributed by atoms with Gasteiger partial charge in [0.05, 0.1) is 22.1 Å². The average Bonchev–Trinajstić information content (AvgIpc) is 3.33. The first-order valence-corrected chi connectivity index (χ1v) is 9.49. The van der Waals surface area contributed by atoms with Crippen molar-refractivity contribution in [3.05, 3.63) is 66.7 Å². The molecule has 0 atom stereocenters. The van der Waals surface area contributed by atoms with Crippen molar-refractivity contribution in [2.24, 2.45) is 0 Å². The van der Waals surface area contributed by atoms with Crippen molar-refractivity contribution in [3.63, 3.8) is 0 Å². The second kappa shape index (κ2) is 11.6. The van der Waals surface area contributed by atoms with Gasteiger partial charge in [0.25, 0.3) is 0 Å². The summed E-state index contributed by atoms with van der Waals surface area (Å²) in [5, 5.41) is 0. The molecule has 2 aromatic carbocycles. The summed E-state index contributed by atoms with van der Waals surface area (Å²) in [6, 6.07) is 20.3. The first-order chi connectivity index (χ1) is 14.5. The van der Waals surface area contributed by atoms with Gasteiger partial charge in [0.15, 0.2) is 11.6 Å². The summed E-state index contributed by atoms with van der Waals surface area (Å²) in [6.07, 6.45) is 0. The maximum Gasteiger partial charge on any atom is 3.00 e. The Morgan fingerprint density at radius 2 is 0.971 bits per heavy atom. The van der Waals surface area contributed by atoms with Crippen LogP contribution in [0.25, 0.3) is 45.1 Å². The number of imidazole rings is 2. The van der Waals surface area contributed by atoms with Crippen LogP contribution >= 0.6 is 0 Å². The molecule has 0 saturated carbocycles. The second-order valence-electron chi connectivity index (χ2n) is 6.97. The SMILES string of the molecule is CC(=O)n1c(-c2cccc(-c3nc4ccccc4n3C(C)=O)n2)nc2ccccc21.[Cl-].[Cl-].[Cl-].[Co+3]. The molecular formula is C23H17Cl3CoN5O2. The Balaban J connectivity index is 0.00000144. The number of aromatic nitrogens is 5. The van der Waals surface area contributed by atoms with Gasteiger partial charge >= 0.3 is 16.8 Å². The van der Waals surface area contributed by atoms with Crippen LogP contribution in [0.1, 0.15) is 23.4 Å². The van der Waals surface area contributed by atoms with Crippen LogP contribution in [0, 0.1) is 0 Å². The number of hydrogen-bond donors (Lipinski definition) is 0. The van der Waals surface area contributed by atoms with Gasteiger partial charge in [-0.05, 0) is 36.4 Å². The van der Waals surface area contributed by atoms with E-state index < -0.39 is 0 Å². The molecular weight excluding hydrogens is 544 g/mol. The van der Waals surface area contributed by atoms with E-state index in [4.69, 9.17) is 4.98 Å². The minimum Gasteiger partial charge on any atom is -1.00 e. The van der Waals surface area contributed by atoms with Crippen molar-refractivity contribution >= 4 is 33.9 Å². The summed E-state index contributed by atoms with van der Waals surface area (Å²) >= 11 is 0.